The maximum absolute atomic E-state index is 12.5. The third kappa shape index (κ3) is 3.07. The Morgan fingerprint density at radius 1 is 1.14 bits per heavy atom. The molecule has 7 heteroatoms. The minimum atomic E-state index is -3.69. The molecule has 1 saturated carbocycles. The minimum Gasteiger partial charge on any atom is -0.466 e. The fourth-order valence-electron chi connectivity index (χ4n) is 3.06. The van der Waals surface area contributed by atoms with Crippen LogP contribution in [0.15, 0.2) is 0 Å². The Labute approximate surface area is 126 Å². The Hall–Kier alpha value is -1.11. The molecule has 0 amide bonds. The number of carbonyl (C=O) groups excluding carboxylic acids is 2. The molecule has 0 bridgehead atoms. The molecule has 21 heavy (non-hydrogen) atoms. The number of ether oxygens (including phenoxy) is 2. The second kappa shape index (κ2) is 6.77. The van der Waals surface area contributed by atoms with Crippen molar-refractivity contribution >= 4 is 21.8 Å². The predicted molar refractivity (Wildman–Crippen MR) is 77.3 cm³/mol. The van der Waals surface area contributed by atoms with Gasteiger partial charge in [-0.15, -0.1) is 0 Å². The van der Waals surface area contributed by atoms with Crippen LogP contribution in [0.5, 0.6) is 0 Å². The molecular weight excluding hydrogens is 296 g/mol. The van der Waals surface area contributed by atoms with Crippen LogP contribution in [0.25, 0.3) is 0 Å². The summed E-state index contributed by atoms with van der Waals surface area (Å²) in [6.07, 6.45) is 0.263. The normalized spacial score (nSPS) is 29.1. The van der Waals surface area contributed by atoms with Gasteiger partial charge in [-0.3, -0.25) is 9.59 Å². The molecule has 0 spiro atoms. The van der Waals surface area contributed by atoms with Gasteiger partial charge in [0, 0.05) is 5.75 Å². The van der Waals surface area contributed by atoms with Gasteiger partial charge in [0.25, 0.3) is 0 Å². The summed E-state index contributed by atoms with van der Waals surface area (Å²) in [5.41, 5.74) is 0. The van der Waals surface area contributed by atoms with Crippen molar-refractivity contribution in [3.8, 4) is 0 Å². The zero-order valence-electron chi connectivity index (χ0n) is 13.0. The first kappa shape index (κ1) is 17.9. The van der Waals surface area contributed by atoms with E-state index in [1.165, 1.54) is 6.92 Å². The monoisotopic (exact) mass is 320 g/mol. The second-order valence-electron chi connectivity index (χ2n) is 5.30. The SMILES string of the molecule is CCOC(=O)C1CC(C)C(C(=O)OCC)(S(=O)(=O)CC)C1. The van der Waals surface area contributed by atoms with Crippen LogP contribution in [0, 0.1) is 11.8 Å². The number of sulfone groups is 1. The molecule has 1 aliphatic carbocycles. The highest BCUT2D eigenvalue weighted by molar-refractivity contribution is 7.93. The van der Waals surface area contributed by atoms with E-state index in [-0.39, 0.29) is 25.4 Å². The van der Waals surface area contributed by atoms with Crippen LogP contribution in [0.4, 0.5) is 0 Å². The summed E-state index contributed by atoms with van der Waals surface area (Å²) in [5.74, 6) is -2.40. The molecule has 1 rings (SSSR count). The van der Waals surface area contributed by atoms with Crippen LogP contribution in [-0.2, 0) is 28.9 Å². The highest BCUT2D eigenvalue weighted by Crippen LogP contribution is 2.46. The lowest BCUT2D eigenvalue weighted by Gasteiger charge is -2.30. The fraction of sp³-hybridized carbons (Fsp3) is 0.857. The molecule has 0 heterocycles. The summed E-state index contributed by atoms with van der Waals surface area (Å²) in [5, 5.41) is 0. The molecule has 1 aliphatic rings. The van der Waals surface area contributed by atoms with E-state index in [1.807, 2.05) is 0 Å². The topological polar surface area (TPSA) is 86.7 Å². The zero-order chi connectivity index (χ0) is 16.3. The molecule has 0 aromatic heterocycles. The summed E-state index contributed by atoms with van der Waals surface area (Å²) in [6, 6.07) is 0. The Bertz CT molecular complexity index is 498. The maximum Gasteiger partial charge on any atom is 0.327 e. The number of esters is 2. The van der Waals surface area contributed by atoms with Crippen LogP contribution in [-0.4, -0.2) is 44.1 Å². The molecule has 0 aliphatic heterocycles. The molecule has 3 atom stereocenters. The van der Waals surface area contributed by atoms with Crippen LogP contribution < -0.4 is 0 Å². The Morgan fingerprint density at radius 3 is 2.19 bits per heavy atom. The van der Waals surface area contributed by atoms with Crippen molar-refractivity contribution in [3.63, 3.8) is 0 Å². The summed E-state index contributed by atoms with van der Waals surface area (Å²) in [6.45, 7) is 6.85. The molecule has 6 nitrogen and oxygen atoms in total. The Morgan fingerprint density at radius 2 is 1.71 bits per heavy atom. The molecule has 1 fully saturated rings. The van der Waals surface area contributed by atoms with Crippen molar-refractivity contribution in [2.45, 2.75) is 45.3 Å². The Balaban J connectivity index is 3.21. The van der Waals surface area contributed by atoms with E-state index in [1.54, 1.807) is 20.8 Å². The second-order valence-corrected chi connectivity index (χ2v) is 7.84. The smallest absolute Gasteiger partial charge is 0.327 e. The van der Waals surface area contributed by atoms with Gasteiger partial charge in [0.1, 0.15) is 0 Å². The van der Waals surface area contributed by atoms with E-state index in [0.29, 0.717) is 6.42 Å². The lowest BCUT2D eigenvalue weighted by Crippen LogP contribution is -2.50. The van der Waals surface area contributed by atoms with E-state index in [2.05, 4.69) is 0 Å². The first-order valence-corrected chi connectivity index (χ1v) is 8.98. The summed E-state index contributed by atoms with van der Waals surface area (Å²) < 4.78 is 33.4. The summed E-state index contributed by atoms with van der Waals surface area (Å²) in [7, 11) is -3.69. The molecule has 0 saturated heterocycles. The van der Waals surface area contributed by atoms with E-state index in [4.69, 9.17) is 9.47 Å². The van der Waals surface area contributed by atoms with Gasteiger partial charge in [-0.1, -0.05) is 13.8 Å². The van der Waals surface area contributed by atoms with E-state index in [0.717, 1.165) is 0 Å². The number of hydrogen-bond donors (Lipinski definition) is 0. The third-order valence-corrected chi connectivity index (χ3v) is 6.77. The van der Waals surface area contributed by atoms with Crippen LogP contribution in [0.2, 0.25) is 0 Å². The average molecular weight is 320 g/mol. The van der Waals surface area contributed by atoms with Gasteiger partial charge in [0.15, 0.2) is 14.6 Å². The lowest BCUT2D eigenvalue weighted by atomic mass is 9.97. The van der Waals surface area contributed by atoms with Gasteiger partial charge < -0.3 is 9.47 Å². The highest BCUT2D eigenvalue weighted by atomic mass is 32.2. The van der Waals surface area contributed by atoms with Crippen LogP contribution >= 0.6 is 0 Å². The third-order valence-electron chi connectivity index (χ3n) is 4.16. The molecule has 3 unspecified atom stereocenters. The lowest BCUT2D eigenvalue weighted by molar-refractivity contribution is -0.148. The van der Waals surface area contributed by atoms with Crippen molar-refractivity contribution in [2.24, 2.45) is 11.8 Å². The summed E-state index contributed by atoms with van der Waals surface area (Å²) in [4.78, 5) is 24.3. The van der Waals surface area contributed by atoms with Gasteiger partial charge in [0.2, 0.25) is 0 Å². The van der Waals surface area contributed by atoms with Crippen molar-refractivity contribution < 1.29 is 27.5 Å². The number of hydrogen-bond acceptors (Lipinski definition) is 6. The van der Waals surface area contributed by atoms with Gasteiger partial charge in [-0.05, 0) is 32.6 Å². The summed E-state index contributed by atoms with van der Waals surface area (Å²) >= 11 is 0. The van der Waals surface area contributed by atoms with E-state index in [9.17, 15) is 18.0 Å². The van der Waals surface area contributed by atoms with Crippen molar-refractivity contribution in [1.82, 2.24) is 0 Å². The molecule has 0 aromatic carbocycles. The van der Waals surface area contributed by atoms with Crippen molar-refractivity contribution in [2.75, 3.05) is 19.0 Å². The Kier molecular flexibility index (Phi) is 5.78. The highest BCUT2D eigenvalue weighted by Gasteiger charge is 2.61. The van der Waals surface area contributed by atoms with Crippen molar-refractivity contribution in [3.05, 3.63) is 0 Å². The van der Waals surface area contributed by atoms with Gasteiger partial charge >= 0.3 is 11.9 Å². The van der Waals surface area contributed by atoms with Crippen LogP contribution in [0.3, 0.4) is 0 Å². The minimum absolute atomic E-state index is 0.0536. The largest absolute Gasteiger partial charge is 0.466 e. The molecule has 0 radical (unpaired) electrons. The van der Waals surface area contributed by atoms with Gasteiger partial charge in [-0.2, -0.15) is 0 Å². The molecule has 122 valence electrons. The molecule has 0 N–H and O–H groups in total. The maximum atomic E-state index is 12.5. The van der Waals surface area contributed by atoms with Gasteiger partial charge in [-0.25, -0.2) is 8.42 Å². The van der Waals surface area contributed by atoms with E-state index >= 15 is 0 Å². The molecule has 0 aromatic rings. The van der Waals surface area contributed by atoms with Gasteiger partial charge in [0.05, 0.1) is 19.1 Å². The predicted octanol–water partition coefficient (Wildman–Crippen LogP) is 1.33. The first-order chi connectivity index (χ1) is 9.76. The molecular formula is C14H24O6S. The quantitative estimate of drug-likeness (QED) is 0.686. The number of carbonyl (C=O) groups is 2. The average Bonchev–Trinajstić information content (AvgIpc) is 2.79. The zero-order valence-corrected chi connectivity index (χ0v) is 13.9. The standard InChI is InChI=1S/C14H24O6S/c1-5-19-12(15)11-8-10(4)14(9-11,13(16)20-6-2)21(17,18)7-3/h10-11H,5-9H2,1-4H3. The van der Waals surface area contributed by atoms with E-state index < -0.39 is 38.4 Å². The van der Waals surface area contributed by atoms with Crippen LogP contribution in [0.1, 0.15) is 40.5 Å². The first-order valence-electron chi connectivity index (χ1n) is 7.32. The number of rotatable bonds is 6. The van der Waals surface area contributed by atoms with Crippen molar-refractivity contribution in [1.29, 1.82) is 0 Å². The fourth-order valence-corrected chi connectivity index (χ4v) is 5.06.